The fourth-order valence-corrected chi connectivity index (χ4v) is 1.85. The highest BCUT2D eigenvalue weighted by Crippen LogP contribution is 2.22. The van der Waals surface area contributed by atoms with E-state index in [-0.39, 0.29) is 6.04 Å². The average molecular weight is 304 g/mol. The van der Waals surface area contributed by atoms with Gasteiger partial charge in [-0.3, -0.25) is 0 Å². The molecule has 0 spiro atoms. The maximum atomic E-state index is 5.15. The van der Waals surface area contributed by atoms with E-state index in [0.29, 0.717) is 18.4 Å². The van der Waals surface area contributed by atoms with E-state index in [9.17, 15) is 0 Å². The van der Waals surface area contributed by atoms with Crippen LogP contribution in [-0.2, 0) is 4.74 Å². The largest absolute Gasteiger partial charge is 0.480 e. The first-order valence-electron chi connectivity index (χ1n) is 5.53. The Bertz CT molecular complexity index is 343. The Hall–Kier alpha value is -0.880. The summed E-state index contributed by atoms with van der Waals surface area (Å²) in [4.78, 5) is 8.43. The van der Waals surface area contributed by atoms with Crippen molar-refractivity contribution in [1.82, 2.24) is 9.97 Å². The normalized spacial score (nSPS) is 12.2. The number of hydrogen-bond acceptors (Lipinski definition) is 5. The second-order valence-corrected chi connectivity index (χ2v) is 4.49. The van der Waals surface area contributed by atoms with Gasteiger partial charge < -0.3 is 14.8 Å². The molecule has 96 valence electrons. The number of hydrogen-bond donors (Lipinski definition) is 1. The van der Waals surface area contributed by atoms with Gasteiger partial charge in [0.15, 0.2) is 0 Å². The molecule has 0 bridgehead atoms. The molecule has 1 heterocycles. The van der Waals surface area contributed by atoms with Gasteiger partial charge >= 0.3 is 0 Å². The molecule has 0 saturated carbocycles. The lowest BCUT2D eigenvalue weighted by Gasteiger charge is -2.17. The molecule has 1 aromatic rings. The van der Waals surface area contributed by atoms with E-state index in [2.05, 4.69) is 38.1 Å². The summed E-state index contributed by atoms with van der Waals surface area (Å²) in [6, 6.07) is 0.218. The van der Waals surface area contributed by atoms with Gasteiger partial charge in [-0.1, -0.05) is 13.3 Å². The molecule has 0 aromatic carbocycles. The predicted octanol–water partition coefficient (Wildman–Crippen LogP) is 2.47. The summed E-state index contributed by atoms with van der Waals surface area (Å²) in [5.41, 5.74) is 0. The number of aromatic nitrogens is 2. The van der Waals surface area contributed by atoms with Crippen LogP contribution in [0.15, 0.2) is 10.7 Å². The smallest absolute Gasteiger partial charge is 0.232 e. The quantitative estimate of drug-likeness (QED) is 0.838. The molecular weight excluding hydrogens is 286 g/mol. The minimum Gasteiger partial charge on any atom is -0.480 e. The number of rotatable bonds is 7. The number of anilines is 1. The zero-order valence-electron chi connectivity index (χ0n) is 10.4. The van der Waals surface area contributed by atoms with Crippen LogP contribution >= 0.6 is 15.9 Å². The average Bonchev–Trinajstić information content (AvgIpc) is 2.32. The van der Waals surface area contributed by atoms with Crippen molar-refractivity contribution in [1.29, 1.82) is 0 Å². The van der Waals surface area contributed by atoms with Gasteiger partial charge in [-0.05, 0) is 22.4 Å². The van der Waals surface area contributed by atoms with E-state index < -0.39 is 0 Å². The second-order valence-electron chi connectivity index (χ2n) is 3.64. The number of halogens is 1. The maximum absolute atomic E-state index is 5.15. The Morgan fingerprint density at radius 2 is 2.24 bits per heavy atom. The van der Waals surface area contributed by atoms with E-state index in [1.165, 1.54) is 0 Å². The zero-order chi connectivity index (χ0) is 12.7. The van der Waals surface area contributed by atoms with Crippen LogP contribution in [0.4, 0.5) is 5.95 Å². The van der Waals surface area contributed by atoms with E-state index in [1.807, 2.05) is 0 Å². The zero-order valence-corrected chi connectivity index (χ0v) is 12.0. The van der Waals surface area contributed by atoms with Crippen LogP contribution in [0.1, 0.15) is 19.8 Å². The van der Waals surface area contributed by atoms with Crippen LogP contribution < -0.4 is 10.1 Å². The van der Waals surface area contributed by atoms with Gasteiger partial charge in [0.25, 0.3) is 0 Å². The van der Waals surface area contributed by atoms with Gasteiger partial charge in [-0.2, -0.15) is 4.98 Å². The van der Waals surface area contributed by atoms with Gasteiger partial charge in [0.2, 0.25) is 11.8 Å². The van der Waals surface area contributed by atoms with Crippen LogP contribution in [0.25, 0.3) is 0 Å². The SMILES string of the molecule is CCCC(COC)Nc1ncc(Br)c(OC)n1. The van der Waals surface area contributed by atoms with Crippen molar-refractivity contribution >= 4 is 21.9 Å². The summed E-state index contributed by atoms with van der Waals surface area (Å²) in [6.07, 6.45) is 3.76. The van der Waals surface area contributed by atoms with Crippen LogP contribution in [0.5, 0.6) is 5.88 Å². The fraction of sp³-hybridized carbons (Fsp3) is 0.636. The molecule has 6 heteroatoms. The van der Waals surface area contributed by atoms with Crippen molar-refractivity contribution in [2.75, 3.05) is 26.1 Å². The van der Waals surface area contributed by atoms with Crippen LogP contribution in [0, 0.1) is 0 Å². The summed E-state index contributed by atoms with van der Waals surface area (Å²) in [7, 11) is 3.27. The van der Waals surface area contributed by atoms with Crippen molar-refractivity contribution in [3.8, 4) is 5.88 Å². The first-order valence-corrected chi connectivity index (χ1v) is 6.32. The highest BCUT2D eigenvalue weighted by molar-refractivity contribution is 9.10. The third-order valence-electron chi connectivity index (χ3n) is 2.24. The summed E-state index contributed by atoms with van der Waals surface area (Å²) in [6.45, 7) is 2.77. The molecular formula is C11H18BrN3O2. The molecule has 0 aliphatic rings. The fourth-order valence-electron chi connectivity index (χ4n) is 1.49. The lowest BCUT2D eigenvalue weighted by Crippen LogP contribution is -2.25. The van der Waals surface area contributed by atoms with Gasteiger partial charge in [0.1, 0.15) is 0 Å². The summed E-state index contributed by atoms with van der Waals surface area (Å²) < 4.78 is 11.0. The molecule has 0 amide bonds. The van der Waals surface area contributed by atoms with Crippen LogP contribution in [-0.4, -0.2) is 36.8 Å². The molecule has 0 aliphatic carbocycles. The predicted molar refractivity (Wildman–Crippen MR) is 70.5 cm³/mol. The van der Waals surface area contributed by atoms with Gasteiger partial charge in [0.05, 0.1) is 30.4 Å². The molecule has 0 fully saturated rings. The molecule has 1 unspecified atom stereocenters. The van der Waals surface area contributed by atoms with Crippen molar-refractivity contribution in [3.05, 3.63) is 10.7 Å². The van der Waals surface area contributed by atoms with E-state index in [0.717, 1.165) is 17.3 Å². The third-order valence-corrected chi connectivity index (χ3v) is 2.79. The molecule has 17 heavy (non-hydrogen) atoms. The molecule has 1 rings (SSSR count). The minimum absolute atomic E-state index is 0.218. The molecule has 1 aromatic heterocycles. The Morgan fingerprint density at radius 3 is 2.82 bits per heavy atom. The van der Waals surface area contributed by atoms with Crippen LogP contribution in [0.3, 0.4) is 0 Å². The Morgan fingerprint density at radius 1 is 1.47 bits per heavy atom. The highest BCUT2D eigenvalue weighted by atomic mass is 79.9. The molecule has 0 radical (unpaired) electrons. The lowest BCUT2D eigenvalue weighted by atomic mass is 10.2. The molecule has 5 nitrogen and oxygen atoms in total. The topological polar surface area (TPSA) is 56.3 Å². The summed E-state index contributed by atoms with van der Waals surface area (Å²) >= 11 is 3.32. The molecule has 0 saturated heterocycles. The first kappa shape index (κ1) is 14.2. The van der Waals surface area contributed by atoms with E-state index in [1.54, 1.807) is 20.4 Å². The van der Waals surface area contributed by atoms with Crippen molar-refractivity contribution in [2.45, 2.75) is 25.8 Å². The van der Waals surface area contributed by atoms with Gasteiger partial charge in [-0.15, -0.1) is 0 Å². The van der Waals surface area contributed by atoms with E-state index >= 15 is 0 Å². The Kier molecular flexibility index (Phi) is 6.21. The number of nitrogens with one attached hydrogen (secondary N) is 1. The Balaban J connectivity index is 2.71. The lowest BCUT2D eigenvalue weighted by molar-refractivity contribution is 0.182. The highest BCUT2D eigenvalue weighted by Gasteiger charge is 2.10. The summed E-state index contributed by atoms with van der Waals surface area (Å²) in [5.74, 6) is 1.08. The van der Waals surface area contributed by atoms with E-state index in [4.69, 9.17) is 9.47 Å². The van der Waals surface area contributed by atoms with Crippen molar-refractivity contribution in [2.24, 2.45) is 0 Å². The van der Waals surface area contributed by atoms with Crippen molar-refractivity contribution in [3.63, 3.8) is 0 Å². The standard InChI is InChI=1S/C11H18BrN3O2/c1-4-5-8(7-16-2)14-11-13-6-9(12)10(15-11)17-3/h6,8H,4-5,7H2,1-3H3,(H,13,14,15). The minimum atomic E-state index is 0.218. The van der Waals surface area contributed by atoms with Crippen molar-refractivity contribution < 1.29 is 9.47 Å². The molecule has 1 atom stereocenters. The summed E-state index contributed by atoms with van der Waals surface area (Å²) in [5, 5.41) is 3.23. The first-order chi connectivity index (χ1) is 8.21. The molecule has 1 N–H and O–H groups in total. The number of ether oxygens (including phenoxy) is 2. The monoisotopic (exact) mass is 303 g/mol. The van der Waals surface area contributed by atoms with Gasteiger partial charge in [0, 0.05) is 7.11 Å². The Labute approximate surface area is 110 Å². The maximum Gasteiger partial charge on any atom is 0.232 e. The van der Waals surface area contributed by atoms with Crippen LogP contribution in [0.2, 0.25) is 0 Å². The molecule has 0 aliphatic heterocycles. The number of nitrogens with zero attached hydrogens (tertiary/aromatic N) is 2. The van der Waals surface area contributed by atoms with Gasteiger partial charge in [-0.25, -0.2) is 4.98 Å². The third kappa shape index (κ3) is 4.47. The second kappa shape index (κ2) is 7.45. The number of methoxy groups -OCH3 is 2.